The number of halogens is 1. The van der Waals surface area contributed by atoms with Gasteiger partial charge in [0.1, 0.15) is 5.75 Å². The van der Waals surface area contributed by atoms with Crippen LogP contribution in [0.4, 0.5) is 11.4 Å². The van der Waals surface area contributed by atoms with Gasteiger partial charge in [-0.25, -0.2) is 0 Å². The maximum absolute atomic E-state index is 12.9. The minimum absolute atomic E-state index is 0.138. The van der Waals surface area contributed by atoms with E-state index >= 15 is 0 Å². The Kier molecular flexibility index (Phi) is 6.18. The Bertz CT molecular complexity index is 926. The molecule has 0 aromatic heterocycles. The van der Waals surface area contributed by atoms with Crippen LogP contribution in [0.3, 0.4) is 0 Å². The smallest absolute Gasteiger partial charge is 0.270 e. The van der Waals surface area contributed by atoms with Crippen molar-refractivity contribution in [1.82, 2.24) is 0 Å². The average Bonchev–Trinajstić information content (AvgIpc) is 2.68. The van der Waals surface area contributed by atoms with Crippen molar-refractivity contribution in [3.8, 4) is 5.75 Å². The van der Waals surface area contributed by atoms with Crippen molar-refractivity contribution >= 4 is 34.8 Å². The van der Waals surface area contributed by atoms with Gasteiger partial charge in [-0.1, -0.05) is 43.6 Å². The molecular weight excluding hydrogens is 388 g/mol. The molecular formula is C23H27ClN2O3. The highest BCUT2D eigenvalue weighted by molar-refractivity contribution is 6.31. The molecule has 3 rings (SSSR count). The van der Waals surface area contributed by atoms with E-state index in [9.17, 15) is 9.59 Å². The molecule has 0 saturated carbocycles. The van der Waals surface area contributed by atoms with Crippen LogP contribution in [-0.2, 0) is 9.59 Å². The van der Waals surface area contributed by atoms with Gasteiger partial charge in [0.05, 0.1) is 5.69 Å². The molecule has 29 heavy (non-hydrogen) atoms. The van der Waals surface area contributed by atoms with Gasteiger partial charge in [0, 0.05) is 23.7 Å². The quantitative estimate of drug-likeness (QED) is 0.689. The summed E-state index contributed by atoms with van der Waals surface area (Å²) in [5.74, 6) is 0.602. The molecule has 154 valence electrons. The molecule has 1 N–H and O–H groups in total. The maximum atomic E-state index is 12.9. The van der Waals surface area contributed by atoms with Crippen LogP contribution in [0.15, 0.2) is 42.5 Å². The van der Waals surface area contributed by atoms with Gasteiger partial charge in [0.25, 0.3) is 5.91 Å². The van der Waals surface area contributed by atoms with Gasteiger partial charge >= 0.3 is 0 Å². The minimum atomic E-state index is -1.000. The summed E-state index contributed by atoms with van der Waals surface area (Å²) >= 11 is 6.12. The highest BCUT2D eigenvalue weighted by atomic mass is 35.5. The van der Waals surface area contributed by atoms with Crippen LogP contribution in [0, 0.1) is 0 Å². The van der Waals surface area contributed by atoms with Crippen LogP contribution in [0.5, 0.6) is 5.75 Å². The number of nitrogens with one attached hydrogen (secondary N) is 1. The van der Waals surface area contributed by atoms with Crippen molar-refractivity contribution in [2.45, 2.75) is 52.1 Å². The van der Waals surface area contributed by atoms with Gasteiger partial charge in [-0.05, 0) is 56.0 Å². The fraction of sp³-hybridized carbons (Fsp3) is 0.391. The lowest BCUT2D eigenvalue weighted by molar-refractivity contribution is -0.132. The SMILES string of the molecule is CCC(C)c1ccccc1NC(=O)CCN1C(=O)C(C)(C)Oc2ccc(Cl)cc21. The molecule has 1 aliphatic heterocycles. The maximum Gasteiger partial charge on any atom is 0.270 e. The summed E-state index contributed by atoms with van der Waals surface area (Å²) in [5.41, 5.74) is 1.53. The molecule has 1 atom stereocenters. The third-order valence-electron chi connectivity index (χ3n) is 5.28. The van der Waals surface area contributed by atoms with Crippen LogP contribution in [-0.4, -0.2) is 24.0 Å². The third kappa shape index (κ3) is 4.56. The fourth-order valence-corrected chi connectivity index (χ4v) is 3.62. The number of carbonyl (C=O) groups is 2. The Morgan fingerprint density at radius 3 is 2.69 bits per heavy atom. The van der Waals surface area contributed by atoms with Crippen LogP contribution in [0.2, 0.25) is 5.02 Å². The third-order valence-corrected chi connectivity index (χ3v) is 5.51. The second-order valence-electron chi connectivity index (χ2n) is 7.88. The Hall–Kier alpha value is -2.53. The molecule has 0 aliphatic carbocycles. The fourth-order valence-electron chi connectivity index (χ4n) is 3.45. The molecule has 0 bridgehead atoms. The Morgan fingerprint density at radius 2 is 1.97 bits per heavy atom. The highest BCUT2D eigenvalue weighted by Gasteiger charge is 2.40. The molecule has 2 aromatic rings. The first-order valence-corrected chi connectivity index (χ1v) is 10.3. The summed E-state index contributed by atoms with van der Waals surface area (Å²) in [5, 5.41) is 3.51. The van der Waals surface area contributed by atoms with Gasteiger partial charge in [0.2, 0.25) is 5.91 Å². The van der Waals surface area contributed by atoms with Crippen LogP contribution >= 0.6 is 11.6 Å². The number of nitrogens with zero attached hydrogens (tertiary/aromatic N) is 1. The summed E-state index contributed by atoms with van der Waals surface area (Å²) in [4.78, 5) is 27.1. The van der Waals surface area contributed by atoms with Crippen molar-refractivity contribution < 1.29 is 14.3 Å². The van der Waals surface area contributed by atoms with E-state index in [2.05, 4.69) is 19.2 Å². The average molecular weight is 415 g/mol. The van der Waals surface area contributed by atoms with Crippen molar-refractivity contribution in [3.63, 3.8) is 0 Å². The molecule has 1 heterocycles. The standard InChI is InChI=1S/C23H27ClN2O3/c1-5-15(2)17-8-6-7-9-18(17)25-21(27)12-13-26-19-14-16(24)10-11-20(19)29-23(3,4)22(26)28/h6-11,14-15H,5,12-13H2,1-4H3,(H,25,27). The number of ether oxygens (including phenoxy) is 1. The normalized spacial score (nSPS) is 16.0. The van der Waals surface area contributed by atoms with Crippen LogP contribution in [0.25, 0.3) is 0 Å². The molecule has 2 aromatic carbocycles. The van der Waals surface area contributed by atoms with E-state index < -0.39 is 5.60 Å². The molecule has 6 heteroatoms. The zero-order chi connectivity index (χ0) is 21.2. The number of para-hydroxylation sites is 1. The molecule has 0 radical (unpaired) electrons. The van der Waals surface area contributed by atoms with E-state index in [4.69, 9.17) is 16.3 Å². The summed E-state index contributed by atoms with van der Waals surface area (Å²) in [6.45, 7) is 7.96. The first-order valence-electron chi connectivity index (χ1n) is 9.92. The summed E-state index contributed by atoms with van der Waals surface area (Å²) in [7, 11) is 0. The van der Waals surface area contributed by atoms with Gasteiger partial charge < -0.3 is 15.0 Å². The monoisotopic (exact) mass is 414 g/mol. The van der Waals surface area contributed by atoms with Crippen molar-refractivity contribution in [2.75, 3.05) is 16.8 Å². The molecule has 2 amide bonds. The first-order chi connectivity index (χ1) is 13.7. The van der Waals surface area contributed by atoms with Crippen molar-refractivity contribution in [1.29, 1.82) is 0 Å². The molecule has 1 aliphatic rings. The second kappa shape index (κ2) is 8.46. The van der Waals surface area contributed by atoms with Crippen LogP contribution < -0.4 is 15.0 Å². The summed E-state index contributed by atoms with van der Waals surface area (Å²) in [6.07, 6.45) is 1.16. The van der Waals surface area contributed by atoms with Crippen LogP contribution in [0.1, 0.15) is 52.0 Å². The van der Waals surface area contributed by atoms with E-state index in [-0.39, 0.29) is 24.8 Å². The van der Waals surface area contributed by atoms with E-state index in [0.717, 1.165) is 17.7 Å². The summed E-state index contributed by atoms with van der Waals surface area (Å²) in [6, 6.07) is 13.0. The highest BCUT2D eigenvalue weighted by Crippen LogP contribution is 2.39. The largest absolute Gasteiger partial charge is 0.476 e. The van der Waals surface area contributed by atoms with Gasteiger partial charge in [-0.3, -0.25) is 9.59 Å². The van der Waals surface area contributed by atoms with E-state index in [1.807, 2.05) is 24.3 Å². The predicted octanol–water partition coefficient (Wildman–Crippen LogP) is 5.39. The van der Waals surface area contributed by atoms with Gasteiger partial charge in [-0.15, -0.1) is 0 Å². The second-order valence-corrected chi connectivity index (χ2v) is 8.31. The number of amides is 2. The van der Waals surface area contributed by atoms with Gasteiger partial charge in [-0.2, -0.15) is 0 Å². The molecule has 0 spiro atoms. The molecule has 0 saturated heterocycles. The number of carbonyl (C=O) groups excluding carboxylic acids is 2. The Morgan fingerprint density at radius 1 is 1.24 bits per heavy atom. The van der Waals surface area contributed by atoms with E-state index in [1.165, 1.54) is 0 Å². The van der Waals surface area contributed by atoms with Gasteiger partial charge in [0.15, 0.2) is 5.60 Å². The first kappa shape index (κ1) is 21.2. The number of rotatable bonds is 6. The number of fused-ring (bicyclic) bond motifs is 1. The lowest BCUT2D eigenvalue weighted by Crippen LogP contribution is -2.53. The molecule has 0 fully saturated rings. The zero-order valence-corrected chi connectivity index (χ0v) is 18.0. The molecule has 5 nitrogen and oxygen atoms in total. The number of hydrogen-bond acceptors (Lipinski definition) is 3. The number of hydrogen-bond donors (Lipinski definition) is 1. The van der Waals surface area contributed by atoms with Crippen molar-refractivity contribution in [3.05, 3.63) is 53.1 Å². The Balaban J connectivity index is 1.75. The molecule has 1 unspecified atom stereocenters. The van der Waals surface area contributed by atoms with E-state index in [0.29, 0.717) is 22.4 Å². The lowest BCUT2D eigenvalue weighted by atomic mass is 9.97. The number of benzene rings is 2. The van der Waals surface area contributed by atoms with E-state index in [1.54, 1.807) is 36.9 Å². The number of anilines is 2. The summed E-state index contributed by atoms with van der Waals surface area (Å²) < 4.78 is 5.82. The Labute approximate surface area is 177 Å². The predicted molar refractivity (Wildman–Crippen MR) is 117 cm³/mol. The topological polar surface area (TPSA) is 58.6 Å². The minimum Gasteiger partial charge on any atom is -0.476 e. The zero-order valence-electron chi connectivity index (χ0n) is 17.3. The van der Waals surface area contributed by atoms with Crippen molar-refractivity contribution in [2.24, 2.45) is 0 Å². The lowest BCUT2D eigenvalue weighted by Gasteiger charge is -2.38.